The number of allylic oxidation sites excluding steroid dienone is 3. The molecule has 2 rings (SSSR count). The second kappa shape index (κ2) is 8.12. The van der Waals surface area contributed by atoms with Crippen LogP contribution in [0.5, 0.6) is 0 Å². The molecule has 0 heterocycles. The van der Waals surface area contributed by atoms with Gasteiger partial charge in [0.25, 0.3) is 0 Å². The Morgan fingerprint density at radius 1 is 1.26 bits per heavy atom. The smallest absolute Gasteiger partial charge is 0.404 e. The molecule has 1 aromatic rings. The Morgan fingerprint density at radius 3 is 2.59 bits per heavy atom. The number of benzene rings is 1. The molecule has 0 fully saturated rings. The summed E-state index contributed by atoms with van der Waals surface area (Å²) in [5.74, 6) is -0.0695. The summed E-state index contributed by atoms with van der Waals surface area (Å²) in [6.07, 6.45) is 6.71. The number of amides is 1. The standard InChI is InChI=1S/C23H31NO3/c1-16-8-7-13-22(2,3)19(16)12-11-17-9-6-10-18(14-17)20(25)23(4,5)15-24-21(26)27/h6,9-12,14,24H,7-8,13,15H2,1-5H3,(H,26,27)/b12-11+. The molecule has 1 aromatic carbocycles. The van der Waals surface area contributed by atoms with Crippen LogP contribution in [0.4, 0.5) is 4.79 Å². The number of hydrogen-bond acceptors (Lipinski definition) is 2. The fraction of sp³-hybridized carbons (Fsp3) is 0.478. The Labute approximate surface area is 162 Å². The van der Waals surface area contributed by atoms with Crippen molar-refractivity contribution in [1.82, 2.24) is 5.32 Å². The lowest BCUT2D eigenvalue weighted by atomic mass is 9.72. The van der Waals surface area contributed by atoms with Gasteiger partial charge in [-0.1, -0.05) is 63.6 Å². The van der Waals surface area contributed by atoms with Crippen LogP contribution in [0.3, 0.4) is 0 Å². The third-order valence-corrected chi connectivity index (χ3v) is 5.43. The molecule has 27 heavy (non-hydrogen) atoms. The highest BCUT2D eigenvalue weighted by Crippen LogP contribution is 2.41. The average molecular weight is 370 g/mol. The molecule has 0 aromatic heterocycles. The summed E-state index contributed by atoms with van der Waals surface area (Å²) in [5, 5.41) is 11.1. The van der Waals surface area contributed by atoms with Gasteiger partial charge in [0.15, 0.2) is 5.78 Å². The van der Waals surface area contributed by atoms with Crippen LogP contribution in [0.25, 0.3) is 6.08 Å². The van der Waals surface area contributed by atoms with E-state index in [4.69, 9.17) is 5.11 Å². The maximum Gasteiger partial charge on any atom is 0.404 e. The average Bonchev–Trinajstić information content (AvgIpc) is 2.58. The van der Waals surface area contributed by atoms with Crippen molar-refractivity contribution >= 4 is 18.0 Å². The van der Waals surface area contributed by atoms with Crippen molar-refractivity contribution in [2.75, 3.05) is 6.54 Å². The quantitative estimate of drug-likeness (QED) is 0.632. The van der Waals surface area contributed by atoms with Crippen molar-refractivity contribution in [2.24, 2.45) is 10.8 Å². The van der Waals surface area contributed by atoms with Crippen LogP contribution in [0.2, 0.25) is 0 Å². The highest BCUT2D eigenvalue weighted by molar-refractivity contribution is 6.00. The first-order chi connectivity index (χ1) is 12.5. The first-order valence-electron chi connectivity index (χ1n) is 9.53. The zero-order valence-electron chi connectivity index (χ0n) is 17.1. The molecule has 0 spiro atoms. The van der Waals surface area contributed by atoms with Gasteiger partial charge >= 0.3 is 6.09 Å². The van der Waals surface area contributed by atoms with Gasteiger partial charge in [-0.2, -0.15) is 0 Å². The summed E-state index contributed by atoms with van der Waals surface area (Å²) in [5.41, 5.74) is 3.78. The summed E-state index contributed by atoms with van der Waals surface area (Å²) in [6, 6.07) is 7.53. The predicted octanol–water partition coefficient (Wildman–Crippen LogP) is 5.70. The topological polar surface area (TPSA) is 66.4 Å². The van der Waals surface area contributed by atoms with E-state index in [2.05, 4.69) is 38.2 Å². The van der Waals surface area contributed by atoms with E-state index in [1.807, 2.05) is 18.2 Å². The molecule has 0 unspecified atom stereocenters. The highest BCUT2D eigenvalue weighted by atomic mass is 16.4. The third-order valence-electron chi connectivity index (χ3n) is 5.43. The van der Waals surface area contributed by atoms with E-state index in [1.165, 1.54) is 24.0 Å². The van der Waals surface area contributed by atoms with Crippen LogP contribution in [0, 0.1) is 10.8 Å². The largest absolute Gasteiger partial charge is 0.465 e. The highest BCUT2D eigenvalue weighted by Gasteiger charge is 2.29. The summed E-state index contributed by atoms with van der Waals surface area (Å²) in [4.78, 5) is 23.6. The van der Waals surface area contributed by atoms with Crippen LogP contribution in [-0.2, 0) is 0 Å². The molecule has 0 radical (unpaired) electrons. The Bertz CT molecular complexity index is 785. The normalized spacial score (nSPS) is 17.2. The van der Waals surface area contributed by atoms with Gasteiger partial charge in [-0.05, 0) is 48.8 Å². The molecule has 1 amide bonds. The maximum atomic E-state index is 12.8. The summed E-state index contributed by atoms with van der Waals surface area (Å²) in [7, 11) is 0. The van der Waals surface area contributed by atoms with Gasteiger partial charge in [-0.25, -0.2) is 4.79 Å². The minimum atomic E-state index is -1.12. The van der Waals surface area contributed by atoms with E-state index in [-0.39, 0.29) is 17.7 Å². The van der Waals surface area contributed by atoms with Crippen LogP contribution in [0.1, 0.15) is 69.8 Å². The Balaban J connectivity index is 2.22. The van der Waals surface area contributed by atoms with Crippen molar-refractivity contribution in [1.29, 1.82) is 0 Å². The summed E-state index contributed by atoms with van der Waals surface area (Å²) < 4.78 is 0. The van der Waals surface area contributed by atoms with Crippen LogP contribution in [-0.4, -0.2) is 23.5 Å². The van der Waals surface area contributed by atoms with Gasteiger partial charge in [-0.15, -0.1) is 0 Å². The molecule has 0 bridgehead atoms. The molecular weight excluding hydrogens is 338 g/mol. The first-order valence-corrected chi connectivity index (χ1v) is 9.53. The Morgan fingerprint density at radius 2 is 1.96 bits per heavy atom. The van der Waals surface area contributed by atoms with Gasteiger partial charge in [0.2, 0.25) is 0 Å². The van der Waals surface area contributed by atoms with E-state index < -0.39 is 11.5 Å². The van der Waals surface area contributed by atoms with Crippen LogP contribution in [0.15, 0.2) is 41.5 Å². The number of rotatable bonds is 6. The maximum absolute atomic E-state index is 12.8. The Hall–Kier alpha value is -2.36. The summed E-state index contributed by atoms with van der Waals surface area (Å²) in [6.45, 7) is 10.4. The number of nitrogens with one attached hydrogen (secondary N) is 1. The first kappa shape index (κ1) is 20.9. The van der Waals surface area contributed by atoms with Gasteiger partial charge in [0, 0.05) is 17.5 Å². The van der Waals surface area contributed by atoms with E-state index in [1.54, 1.807) is 19.9 Å². The zero-order valence-corrected chi connectivity index (χ0v) is 17.1. The fourth-order valence-electron chi connectivity index (χ4n) is 3.74. The number of carbonyl (C=O) groups is 2. The van der Waals surface area contributed by atoms with Gasteiger partial charge in [-0.3, -0.25) is 4.79 Å². The van der Waals surface area contributed by atoms with Crippen LogP contribution < -0.4 is 5.32 Å². The van der Waals surface area contributed by atoms with Crippen molar-refractivity contribution < 1.29 is 14.7 Å². The lowest BCUT2D eigenvalue weighted by Gasteiger charge is -2.32. The van der Waals surface area contributed by atoms with Gasteiger partial charge in [0.1, 0.15) is 0 Å². The van der Waals surface area contributed by atoms with Crippen molar-refractivity contribution in [2.45, 2.75) is 53.9 Å². The molecule has 0 atom stereocenters. The molecule has 146 valence electrons. The van der Waals surface area contributed by atoms with Crippen molar-refractivity contribution in [3.63, 3.8) is 0 Å². The number of hydrogen-bond donors (Lipinski definition) is 2. The second-order valence-corrected chi connectivity index (χ2v) is 8.76. The van der Waals surface area contributed by atoms with Crippen molar-refractivity contribution in [3.05, 3.63) is 52.6 Å². The number of Topliss-reactive ketones (excluding diaryl/α,β-unsaturated/α-hetero) is 1. The fourth-order valence-corrected chi connectivity index (χ4v) is 3.74. The third kappa shape index (κ3) is 5.31. The number of carbonyl (C=O) groups excluding carboxylic acids is 1. The number of ketones is 1. The molecule has 1 aliphatic carbocycles. The number of carboxylic acid groups (broad SMARTS) is 1. The van der Waals surface area contributed by atoms with Crippen molar-refractivity contribution in [3.8, 4) is 0 Å². The molecule has 4 nitrogen and oxygen atoms in total. The SMILES string of the molecule is CC1=C(/C=C/c2cccc(C(=O)C(C)(C)CNC(=O)O)c2)C(C)(C)CCC1. The van der Waals surface area contributed by atoms with E-state index in [9.17, 15) is 9.59 Å². The zero-order chi connectivity index (χ0) is 20.2. The van der Waals surface area contributed by atoms with Crippen LogP contribution >= 0.6 is 0 Å². The van der Waals surface area contributed by atoms with E-state index in [0.717, 1.165) is 12.0 Å². The minimum absolute atomic E-state index is 0.0695. The van der Waals surface area contributed by atoms with Gasteiger partial charge < -0.3 is 10.4 Å². The molecular formula is C23H31NO3. The Kier molecular flexibility index (Phi) is 6.30. The monoisotopic (exact) mass is 369 g/mol. The summed E-state index contributed by atoms with van der Waals surface area (Å²) >= 11 is 0. The second-order valence-electron chi connectivity index (χ2n) is 8.76. The molecule has 4 heteroatoms. The lowest BCUT2D eigenvalue weighted by Crippen LogP contribution is -2.38. The molecule has 0 aliphatic heterocycles. The molecule has 2 N–H and O–H groups in total. The molecule has 0 saturated heterocycles. The molecule has 0 saturated carbocycles. The predicted molar refractivity (Wildman–Crippen MR) is 110 cm³/mol. The molecule has 1 aliphatic rings. The van der Waals surface area contributed by atoms with Gasteiger partial charge in [0.05, 0.1) is 0 Å². The lowest BCUT2D eigenvalue weighted by molar-refractivity contribution is 0.0837. The van der Waals surface area contributed by atoms with E-state index >= 15 is 0 Å². The van der Waals surface area contributed by atoms with E-state index in [0.29, 0.717) is 5.56 Å². The minimum Gasteiger partial charge on any atom is -0.465 e.